The van der Waals surface area contributed by atoms with Gasteiger partial charge in [0, 0.05) is 24.9 Å². The third kappa shape index (κ3) is 4.89. The zero-order chi connectivity index (χ0) is 22.1. The van der Waals surface area contributed by atoms with Gasteiger partial charge in [0.2, 0.25) is 11.8 Å². The highest BCUT2D eigenvalue weighted by Crippen LogP contribution is 2.43. The Kier molecular flexibility index (Phi) is 7.11. The van der Waals surface area contributed by atoms with Crippen LogP contribution >= 0.6 is 12.4 Å². The van der Waals surface area contributed by atoms with Crippen molar-refractivity contribution in [3.63, 3.8) is 0 Å². The quantitative estimate of drug-likeness (QED) is 0.727. The van der Waals surface area contributed by atoms with Crippen LogP contribution in [0.3, 0.4) is 0 Å². The number of rotatable bonds is 5. The van der Waals surface area contributed by atoms with Gasteiger partial charge in [-0.05, 0) is 43.4 Å². The van der Waals surface area contributed by atoms with Crippen molar-refractivity contribution in [3.8, 4) is 0 Å². The molecule has 1 saturated heterocycles. The van der Waals surface area contributed by atoms with Crippen LogP contribution in [0.1, 0.15) is 43.4 Å². The fourth-order valence-electron chi connectivity index (χ4n) is 4.61. The summed E-state index contributed by atoms with van der Waals surface area (Å²) in [4.78, 5) is 27.9. The number of nitrogens with one attached hydrogen (secondary N) is 1. The van der Waals surface area contributed by atoms with E-state index in [2.05, 4.69) is 41.7 Å². The highest BCUT2D eigenvalue weighted by Gasteiger charge is 2.40. The maximum atomic E-state index is 13.5. The molecule has 0 radical (unpaired) electrons. The summed E-state index contributed by atoms with van der Waals surface area (Å²) in [7, 11) is 0. The van der Waals surface area contributed by atoms with Gasteiger partial charge in [-0.25, -0.2) is 0 Å². The zero-order valence-electron chi connectivity index (χ0n) is 18.7. The molecule has 0 unspecified atom stereocenters. The van der Waals surface area contributed by atoms with Gasteiger partial charge in [-0.15, -0.1) is 12.4 Å². The molecule has 1 heterocycles. The summed E-state index contributed by atoms with van der Waals surface area (Å²) >= 11 is 0. The number of fused-ring (bicyclic) bond motifs is 2. The van der Waals surface area contributed by atoms with Crippen molar-refractivity contribution in [3.05, 3.63) is 77.4 Å². The maximum Gasteiger partial charge on any atom is 0.245 e. The van der Waals surface area contributed by atoms with Gasteiger partial charge in [-0.1, -0.05) is 66.7 Å². The molecule has 32 heavy (non-hydrogen) atoms. The molecule has 170 valence electrons. The molecule has 0 aromatic heterocycles. The normalized spacial score (nSPS) is 17.4. The van der Waals surface area contributed by atoms with E-state index >= 15 is 0 Å². The molecule has 1 atom stereocenters. The lowest BCUT2D eigenvalue weighted by Gasteiger charge is -2.40. The van der Waals surface area contributed by atoms with Gasteiger partial charge in [0.25, 0.3) is 0 Å². The Morgan fingerprint density at radius 1 is 1.06 bits per heavy atom. The van der Waals surface area contributed by atoms with Gasteiger partial charge in [0.05, 0.1) is 5.54 Å². The second kappa shape index (κ2) is 9.47. The lowest BCUT2D eigenvalue weighted by Crippen LogP contribution is -2.58. The van der Waals surface area contributed by atoms with Gasteiger partial charge in [0.15, 0.2) is 0 Å². The molecule has 4 rings (SSSR count). The first-order valence-corrected chi connectivity index (χ1v) is 11.0. The number of hydrogen-bond acceptors (Lipinski definition) is 3. The first kappa shape index (κ1) is 24.0. The molecule has 2 aliphatic rings. The number of halogens is 1. The van der Waals surface area contributed by atoms with Crippen LogP contribution in [0.15, 0.2) is 60.7 Å². The number of piperidine rings is 1. The first-order chi connectivity index (χ1) is 14.8. The zero-order valence-corrected chi connectivity index (χ0v) is 19.5. The van der Waals surface area contributed by atoms with Gasteiger partial charge < -0.3 is 16.0 Å². The molecule has 2 aromatic rings. The van der Waals surface area contributed by atoms with Crippen molar-refractivity contribution in [2.24, 2.45) is 5.73 Å². The van der Waals surface area contributed by atoms with Crippen LogP contribution in [-0.4, -0.2) is 41.4 Å². The van der Waals surface area contributed by atoms with E-state index in [4.69, 9.17) is 5.73 Å². The highest BCUT2D eigenvalue weighted by molar-refractivity contribution is 5.91. The summed E-state index contributed by atoms with van der Waals surface area (Å²) in [5, 5.41) is 2.91. The minimum absolute atomic E-state index is 0. The number of carbonyl (C=O) groups excluding carboxylic acids is 2. The molecule has 5 nitrogen and oxygen atoms in total. The number of carbonyl (C=O) groups is 2. The van der Waals surface area contributed by atoms with Crippen LogP contribution in [0.4, 0.5) is 0 Å². The van der Waals surface area contributed by atoms with E-state index in [0.29, 0.717) is 19.5 Å². The second-order valence-electron chi connectivity index (χ2n) is 9.34. The van der Waals surface area contributed by atoms with Crippen LogP contribution in [0.2, 0.25) is 0 Å². The third-order valence-corrected chi connectivity index (χ3v) is 6.52. The predicted molar refractivity (Wildman–Crippen MR) is 131 cm³/mol. The Bertz CT molecular complexity index is 990. The Labute approximate surface area is 196 Å². The summed E-state index contributed by atoms with van der Waals surface area (Å²) in [6, 6.07) is 17.7. The SMILES string of the molecule is CC(C)(N)C(=O)N[C@H](Cc1ccccc1)C(=O)N1CCC2(C=Cc3ccccc32)CC1.Cl. The largest absolute Gasteiger partial charge is 0.342 e. The van der Waals surface area contributed by atoms with Gasteiger partial charge in [-0.2, -0.15) is 0 Å². The van der Waals surface area contributed by atoms with Crippen LogP contribution in [-0.2, 0) is 21.4 Å². The van der Waals surface area contributed by atoms with Crippen LogP contribution in [0, 0.1) is 0 Å². The average Bonchev–Trinajstić information content (AvgIpc) is 3.12. The van der Waals surface area contributed by atoms with Crippen molar-refractivity contribution >= 4 is 30.3 Å². The van der Waals surface area contributed by atoms with E-state index in [1.807, 2.05) is 35.2 Å². The molecule has 0 bridgehead atoms. The van der Waals surface area contributed by atoms with Crippen molar-refractivity contribution in [1.29, 1.82) is 0 Å². The number of hydrogen-bond donors (Lipinski definition) is 2. The fraction of sp³-hybridized carbons (Fsp3) is 0.385. The van der Waals surface area contributed by atoms with Gasteiger partial charge in [-0.3, -0.25) is 9.59 Å². The second-order valence-corrected chi connectivity index (χ2v) is 9.34. The Morgan fingerprint density at radius 3 is 2.34 bits per heavy atom. The molecule has 3 N–H and O–H groups in total. The average molecular weight is 454 g/mol. The van der Waals surface area contributed by atoms with Crippen molar-refractivity contribution in [1.82, 2.24) is 10.2 Å². The van der Waals surface area contributed by atoms with E-state index < -0.39 is 11.6 Å². The minimum atomic E-state index is -1.04. The van der Waals surface area contributed by atoms with Crippen molar-refractivity contribution in [2.45, 2.75) is 50.1 Å². The molecule has 1 fully saturated rings. The Morgan fingerprint density at radius 2 is 1.69 bits per heavy atom. The molecule has 1 aliphatic carbocycles. The van der Waals surface area contributed by atoms with E-state index in [9.17, 15) is 9.59 Å². The smallest absolute Gasteiger partial charge is 0.245 e. The van der Waals surface area contributed by atoms with Gasteiger partial charge in [0.1, 0.15) is 6.04 Å². The predicted octanol–water partition coefficient (Wildman–Crippen LogP) is 3.46. The number of benzene rings is 2. The molecule has 2 aromatic carbocycles. The summed E-state index contributed by atoms with van der Waals surface area (Å²) in [6.07, 6.45) is 6.74. The molecule has 1 aliphatic heterocycles. The lowest BCUT2D eigenvalue weighted by atomic mass is 9.74. The fourth-order valence-corrected chi connectivity index (χ4v) is 4.61. The van der Waals surface area contributed by atoms with Crippen molar-refractivity contribution < 1.29 is 9.59 Å². The number of likely N-dealkylation sites (tertiary alicyclic amines) is 1. The number of amides is 2. The van der Waals surface area contributed by atoms with Crippen LogP contribution < -0.4 is 11.1 Å². The molecular weight excluding hydrogens is 422 g/mol. The molecular formula is C26H32ClN3O2. The number of nitrogens with two attached hydrogens (primary N) is 1. The van der Waals surface area contributed by atoms with Crippen LogP contribution in [0.5, 0.6) is 0 Å². The standard InChI is InChI=1S/C26H31N3O2.ClH/c1-25(2,27)24(31)28-22(18-19-8-4-3-5-9-19)23(30)29-16-14-26(15-17-29)13-12-20-10-6-7-11-21(20)26;/h3-13,22H,14-18,27H2,1-2H3,(H,28,31);1H/t22-;/m1./s1. The van der Waals surface area contributed by atoms with Crippen molar-refractivity contribution in [2.75, 3.05) is 13.1 Å². The monoisotopic (exact) mass is 453 g/mol. The summed E-state index contributed by atoms with van der Waals surface area (Å²) in [5.41, 5.74) is 8.61. The molecule has 6 heteroatoms. The number of nitrogens with zero attached hydrogens (tertiary/aromatic N) is 1. The minimum Gasteiger partial charge on any atom is -0.342 e. The third-order valence-electron chi connectivity index (χ3n) is 6.52. The topological polar surface area (TPSA) is 75.4 Å². The molecule has 0 saturated carbocycles. The van der Waals surface area contributed by atoms with E-state index in [1.54, 1.807) is 13.8 Å². The summed E-state index contributed by atoms with van der Waals surface area (Å²) in [5.74, 6) is -0.352. The summed E-state index contributed by atoms with van der Waals surface area (Å²) in [6.45, 7) is 4.65. The lowest BCUT2D eigenvalue weighted by molar-refractivity contribution is -0.138. The Hall–Kier alpha value is -2.63. The maximum absolute atomic E-state index is 13.5. The van der Waals surface area contributed by atoms with Gasteiger partial charge >= 0.3 is 0 Å². The number of allylic oxidation sites excluding steroid dienone is 1. The first-order valence-electron chi connectivity index (χ1n) is 11.0. The van der Waals surface area contributed by atoms with E-state index in [0.717, 1.165) is 18.4 Å². The van der Waals surface area contributed by atoms with Crippen LogP contribution in [0.25, 0.3) is 6.08 Å². The van der Waals surface area contributed by atoms with E-state index in [1.165, 1.54) is 11.1 Å². The molecule has 2 amide bonds. The molecule has 1 spiro atoms. The summed E-state index contributed by atoms with van der Waals surface area (Å²) < 4.78 is 0. The Balaban J connectivity index is 0.00000289. The van der Waals surface area contributed by atoms with E-state index in [-0.39, 0.29) is 29.6 Å². The highest BCUT2D eigenvalue weighted by atomic mass is 35.5.